The third-order valence-corrected chi connectivity index (χ3v) is 4.63. The zero-order chi connectivity index (χ0) is 14.9. The van der Waals surface area contributed by atoms with Gasteiger partial charge in [0.25, 0.3) is 0 Å². The van der Waals surface area contributed by atoms with Gasteiger partial charge in [-0.15, -0.1) is 0 Å². The molecule has 1 heterocycles. The summed E-state index contributed by atoms with van der Waals surface area (Å²) in [6.07, 6.45) is 1.76. The molecule has 0 fully saturated rings. The van der Waals surface area contributed by atoms with Crippen LogP contribution in [-0.2, 0) is 16.6 Å². The van der Waals surface area contributed by atoms with Crippen LogP contribution in [0.4, 0.5) is 4.39 Å². The van der Waals surface area contributed by atoms with Crippen molar-refractivity contribution < 1.29 is 12.8 Å². The molecular formula is C15H13FN2O2S. The van der Waals surface area contributed by atoms with Gasteiger partial charge in [-0.05, 0) is 29.8 Å². The summed E-state index contributed by atoms with van der Waals surface area (Å²) in [7, 11) is -3.73. The Morgan fingerprint density at radius 2 is 1.90 bits per heavy atom. The fourth-order valence-electron chi connectivity index (χ4n) is 2.17. The van der Waals surface area contributed by atoms with Gasteiger partial charge >= 0.3 is 0 Å². The van der Waals surface area contributed by atoms with Gasteiger partial charge in [-0.3, -0.25) is 0 Å². The highest BCUT2D eigenvalue weighted by atomic mass is 32.2. The Balaban J connectivity index is 1.84. The number of nitrogens with one attached hydrogen (secondary N) is 2. The van der Waals surface area contributed by atoms with Crippen LogP contribution in [0.25, 0.3) is 10.9 Å². The van der Waals surface area contributed by atoms with Crippen molar-refractivity contribution >= 4 is 20.9 Å². The number of sulfonamides is 1. The van der Waals surface area contributed by atoms with Gasteiger partial charge in [0.1, 0.15) is 5.82 Å². The molecule has 0 aliphatic heterocycles. The van der Waals surface area contributed by atoms with Crippen LogP contribution in [-0.4, -0.2) is 13.4 Å². The van der Waals surface area contributed by atoms with E-state index >= 15 is 0 Å². The largest absolute Gasteiger partial charge is 0.361 e. The zero-order valence-corrected chi connectivity index (χ0v) is 11.8. The number of aromatic nitrogens is 1. The Morgan fingerprint density at radius 1 is 1.10 bits per heavy atom. The highest BCUT2D eigenvalue weighted by Gasteiger charge is 2.15. The molecule has 0 aliphatic carbocycles. The predicted octanol–water partition coefficient (Wildman–Crippen LogP) is 2.79. The predicted molar refractivity (Wildman–Crippen MR) is 78.7 cm³/mol. The standard InChI is InChI=1S/C15H13FN2O2S/c16-12-4-3-5-13(8-12)21(19,20)18-10-11-9-17-15-7-2-1-6-14(11)15/h1-9,17-18H,10H2. The summed E-state index contributed by atoms with van der Waals surface area (Å²) in [6, 6.07) is 12.6. The monoisotopic (exact) mass is 304 g/mol. The summed E-state index contributed by atoms with van der Waals surface area (Å²) in [6.45, 7) is 0.142. The van der Waals surface area contributed by atoms with E-state index < -0.39 is 15.8 Å². The summed E-state index contributed by atoms with van der Waals surface area (Å²) in [5.41, 5.74) is 1.78. The Labute approximate surface area is 121 Å². The van der Waals surface area contributed by atoms with Crippen molar-refractivity contribution in [2.75, 3.05) is 0 Å². The maximum Gasteiger partial charge on any atom is 0.240 e. The number of H-pyrrole nitrogens is 1. The van der Waals surface area contributed by atoms with Gasteiger partial charge in [-0.25, -0.2) is 17.5 Å². The Kier molecular flexibility index (Phi) is 3.48. The Hall–Kier alpha value is -2.18. The average Bonchev–Trinajstić information content (AvgIpc) is 2.88. The van der Waals surface area contributed by atoms with Crippen LogP contribution >= 0.6 is 0 Å². The summed E-state index contributed by atoms with van der Waals surface area (Å²) in [5, 5.41) is 0.958. The SMILES string of the molecule is O=S(=O)(NCc1c[nH]c2ccccc12)c1cccc(F)c1. The number of benzene rings is 2. The van der Waals surface area contributed by atoms with Crippen LogP contribution in [0, 0.1) is 5.82 Å². The van der Waals surface area contributed by atoms with Crippen molar-refractivity contribution in [1.29, 1.82) is 0 Å². The first kappa shape index (κ1) is 13.8. The van der Waals surface area contributed by atoms with E-state index in [2.05, 4.69) is 9.71 Å². The van der Waals surface area contributed by atoms with Gasteiger partial charge in [-0.2, -0.15) is 0 Å². The minimum absolute atomic E-state index is 0.0812. The quantitative estimate of drug-likeness (QED) is 0.778. The van der Waals surface area contributed by atoms with E-state index in [1.807, 2.05) is 24.3 Å². The maximum atomic E-state index is 13.1. The maximum absolute atomic E-state index is 13.1. The van der Waals surface area contributed by atoms with Gasteiger partial charge in [-0.1, -0.05) is 24.3 Å². The van der Waals surface area contributed by atoms with Gasteiger partial charge in [0, 0.05) is 23.6 Å². The lowest BCUT2D eigenvalue weighted by molar-refractivity contribution is 0.577. The van der Waals surface area contributed by atoms with Crippen LogP contribution in [0.1, 0.15) is 5.56 Å². The molecule has 0 saturated carbocycles. The first-order chi connectivity index (χ1) is 10.1. The first-order valence-corrected chi connectivity index (χ1v) is 7.85. The highest BCUT2D eigenvalue weighted by Crippen LogP contribution is 2.18. The molecule has 3 aromatic rings. The Morgan fingerprint density at radius 3 is 2.71 bits per heavy atom. The number of halogens is 1. The van der Waals surface area contributed by atoms with Crippen LogP contribution in [0.5, 0.6) is 0 Å². The van der Waals surface area contributed by atoms with E-state index in [0.29, 0.717) is 0 Å². The lowest BCUT2D eigenvalue weighted by Crippen LogP contribution is -2.23. The zero-order valence-electron chi connectivity index (χ0n) is 11.0. The van der Waals surface area contributed by atoms with Crippen molar-refractivity contribution in [3.8, 4) is 0 Å². The van der Waals surface area contributed by atoms with E-state index in [9.17, 15) is 12.8 Å². The molecule has 3 rings (SSSR count). The molecule has 1 aromatic heterocycles. The molecule has 0 bridgehead atoms. The molecule has 4 nitrogen and oxygen atoms in total. The number of fused-ring (bicyclic) bond motifs is 1. The van der Waals surface area contributed by atoms with Crippen molar-refractivity contribution in [3.05, 3.63) is 66.1 Å². The smallest absolute Gasteiger partial charge is 0.240 e. The number of para-hydroxylation sites is 1. The van der Waals surface area contributed by atoms with E-state index in [-0.39, 0.29) is 11.4 Å². The van der Waals surface area contributed by atoms with Gasteiger partial charge in [0.15, 0.2) is 0 Å². The molecule has 21 heavy (non-hydrogen) atoms. The number of hydrogen-bond acceptors (Lipinski definition) is 2. The number of rotatable bonds is 4. The molecule has 6 heteroatoms. The molecule has 0 aliphatic rings. The number of aromatic amines is 1. The second-order valence-corrected chi connectivity index (χ2v) is 6.41. The highest BCUT2D eigenvalue weighted by molar-refractivity contribution is 7.89. The second kappa shape index (κ2) is 5.31. The van der Waals surface area contributed by atoms with Crippen molar-refractivity contribution in [3.63, 3.8) is 0 Å². The first-order valence-electron chi connectivity index (χ1n) is 6.36. The van der Waals surface area contributed by atoms with Gasteiger partial charge < -0.3 is 4.98 Å². The average molecular weight is 304 g/mol. The second-order valence-electron chi connectivity index (χ2n) is 4.64. The van der Waals surface area contributed by atoms with Crippen LogP contribution in [0.15, 0.2) is 59.6 Å². The minimum atomic E-state index is -3.73. The fourth-order valence-corrected chi connectivity index (χ4v) is 3.21. The lowest BCUT2D eigenvalue weighted by Gasteiger charge is -2.06. The van der Waals surface area contributed by atoms with Crippen LogP contribution < -0.4 is 4.72 Å². The number of hydrogen-bond donors (Lipinski definition) is 2. The molecule has 2 aromatic carbocycles. The van der Waals surface area contributed by atoms with Gasteiger partial charge in [0.2, 0.25) is 10.0 Å². The molecule has 108 valence electrons. The molecule has 0 unspecified atom stereocenters. The van der Waals surface area contributed by atoms with E-state index in [4.69, 9.17) is 0 Å². The Bertz CT molecular complexity index is 887. The van der Waals surface area contributed by atoms with E-state index in [1.165, 1.54) is 18.2 Å². The molecular weight excluding hydrogens is 291 g/mol. The summed E-state index contributed by atoms with van der Waals surface area (Å²) in [5.74, 6) is -0.579. The summed E-state index contributed by atoms with van der Waals surface area (Å²) >= 11 is 0. The van der Waals surface area contributed by atoms with Crippen molar-refractivity contribution in [2.24, 2.45) is 0 Å². The molecule has 0 spiro atoms. The van der Waals surface area contributed by atoms with Crippen LogP contribution in [0.3, 0.4) is 0 Å². The normalized spacial score (nSPS) is 11.9. The van der Waals surface area contributed by atoms with Gasteiger partial charge in [0.05, 0.1) is 4.90 Å². The molecule has 0 radical (unpaired) electrons. The van der Waals surface area contributed by atoms with Crippen molar-refractivity contribution in [1.82, 2.24) is 9.71 Å². The molecule has 0 amide bonds. The van der Waals surface area contributed by atoms with Crippen LogP contribution in [0.2, 0.25) is 0 Å². The minimum Gasteiger partial charge on any atom is -0.361 e. The van der Waals surface area contributed by atoms with Crippen molar-refractivity contribution in [2.45, 2.75) is 11.4 Å². The third-order valence-electron chi connectivity index (χ3n) is 3.23. The molecule has 0 atom stereocenters. The summed E-state index contributed by atoms with van der Waals surface area (Å²) in [4.78, 5) is 3.00. The fraction of sp³-hybridized carbons (Fsp3) is 0.0667. The third kappa shape index (κ3) is 2.81. The summed E-state index contributed by atoms with van der Waals surface area (Å²) < 4.78 is 39.9. The molecule has 0 saturated heterocycles. The molecule has 2 N–H and O–H groups in total. The lowest BCUT2D eigenvalue weighted by atomic mass is 10.2. The van der Waals surface area contributed by atoms with E-state index in [1.54, 1.807) is 6.20 Å². The topological polar surface area (TPSA) is 62.0 Å². The van der Waals surface area contributed by atoms with E-state index in [0.717, 1.165) is 22.5 Å².